The summed E-state index contributed by atoms with van der Waals surface area (Å²) in [5.41, 5.74) is 0. The molecule has 1 unspecified atom stereocenters. The van der Waals surface area contributed by atoms with Crippen molar-refractivity contribution in [2.45, 2.75) is 58.8 Å². The third-order valence-electron chi connectivity index (χ3n) is 2.54. The summed E-state index contributed by atoms with van der Waals surface area (Å²) in [6, 6.07) is 0. The Kier molecular flexibility index (Phi) is 9.95. The molecule has 0 aliphatic heterocycles. The van der Waals surface area contributed by atoms with Crippen molar-refractivity contribution in [2.75, 3.05) is 5.33 Å². The molecule has 0 aromatic rings. The molecule has 0 spiro atoms. The minimum Gasteiger partial charge on any atom is -0.0928 e. The molecule has 0 saturated carbocycles. The van der Waals surface area contributed by atoms with Crippen LogP contribution in [0, 0.1) is 5.92 Å². The van der Waals surface area contributed by atoms with Crippen molar-refractivity contribution >= 4 is 15.9 Å². The molecule has 0 aromatic carbocycles. The Labute approximate surface area is 86.3 Å². The predicted molar refractivity (Wildman–Crippen MR) is 61.0 cm³/mol. The summed E-state index contributed by atoms with van der Waals surface area (Å²) in [7, 11) is 0. The molecule has 0 aliphatic carbocycles. The van der Waals surface area contributed by atoms with Crippen LogP contribution in [0.3, 0.4) is 0 Å². The fourth-order valence-electron chi connectivity index (χ4n) is 1.57. The largest absolute Gasteiger partial charge is 0.0928 e. The van der Waals surface area contributed by atoms with Crippen molar-refractivity contribution in [3.63, 3.8) is 0 Å². The van der Waals surface area contributed by atoms with Crippen molar-refractivity contribution in [1.82, 2.24) is 0 Å². The van der Waals surface area contributed by atoms with Crippen LogP contribution in [0.25, 0.3) is 0 Å². The van der Waals surface area contributed by atoms with E-state index in [0.717, 1.165) is 5.92 Å². The zero-order chi connectivity index (χ0) is 9.23. The van der Waals surface area contributed by atoms with Crippen LogP contribution in [0.1, 0.15) is 58.8 Å². The summed E-state index contributed by atoms with van der Waals surface area (Å²) in [5.74, 6) is 1.00. The molecule has 0 amide bonds. The quantitative estimate of drug-likeness (QED) is 0.420. The molecule has 0 saturated heterocycles. The number of unbranched alkanes of at least 4 members (excludes halogenated alkanes) is 2. The van der Waals surface area contributed by atoms with Crippen LogP contribution in [0.4, 0.5) is 0 Å². The van der Waals surface area contributed by atoms with E-state index in [9.17, 15) is 0 Å². The van der Waals surface area contributed by atoms with E-state index >= 15 is 0 Å². The van der Waals surface area contributed by atoms with Crippen LogP contribution in [0.2, 0.25) is 0 Å². The second kappa shape index (κ2) is 9.57. The van der Waals surface area contributed by atoms with Crippen molar-refractivity contribution in [3.8, 4) is 0 Å². The maximum Gasteiger partial charge on any atom is 0.00313 e. The SMILES string of the molecule is CCCCC(CC)CCCCBr. The molecule has 0 fully saturated rings. The highest BCUT2D eigenvalue weighted by Gasteiger charge is 2.04. The molecule has 0 bridgehead atoms. The Morgan fingerprint density at radius 1 is 1.00 bits per heavy atom. The Morgan fingerprint density at radius 3 is 2.17 bits per heavy atom. The lowest BCUT2D eigenvalue weighted by Crippen LogP contribution is -1.98. The van der Waals surface area contributed by atoms with Gasteiger partial charge in [-0.2, -0.15) is 0 Å². The van der Waals surface area contributed by atoms with Gasteiger partial charge in [-0.1, -0.05) is 68.3 Å². The van der Waals surface area contributed by atoms with Crippen LogP contribution in [0.5, 0.6) is 0 Å². The van der Waals surface area contributed by atoms with E-state index in [4.69, 9.17) is 0 Å². The van der Waals surface area contributed by atoms with Gasteiger partial charge in [-0.05, 0) is 12.3 Å². The van der Waals surface area contributed by atoms with E-state index in [1.165, 1.54) is 50.3 Å². The van der Waals surface area contributed by atoms with Crippen molar-refractivity contribution in [1.29, 1.82) is 0 Å². The van der Waals surface area contributed by atoms with Gasteiger partial charge in [0.1, 0.15) is 0 Å². The maximum absolute atomic E-state index is 3.47. The summed E-state index contributed by atoms with van der Waals surface area (Å²) < 4.78 is 0. The molecule has 0 nitrogen and oxygen atoms in total. The normalized spacial score (nSPS) is 13.2. The lowest BCUT2D eigenvalue weighted by Gasteiger charge is -2.13. The Balaban J connectivity index is 3.26. The molecule has 0 rings (SSSR count). The lowest BCUT2D eigenvalue weighted by molar-refractivity contribution is 0.409. The first-order valence-corrected chi connectivity index (χ1v) is 6.53. The summed E-state index contributed by atoms with van der Waals surface area (Å²) in [6.07, 6.45) is 9.82. The number of alkyl halides is 1. The second-order valence-corrected chi connectivity index (χ2v) is 4.39. The highest BCUT2D eigenvalue weighted by molar-refractivity contribution is 9.09. The van der Waals surface area contributed by atoms with Crippen molar-refractivity contribution in [3.05, 3.63) is 0 Å². The number of halogens is 1. The van der Waals surface area contributed by atoms with E-state index in [1.807, 2.05) is 0 Å². The lowest BCUT2D eigenvalue weighted by atomic mass is 9.94. The van der Waals surface area contributed by atoms with E-state index in [2.05, 4.69) is 29.8 Å². The monoisotopic (exact) mass is 234 g/mol. The molecule has 0 aromatic heterocycles. The molecule has 0 N–H and O–H groups in total. The van der Waals surface area contributed by atoms with Gasteiger partial charge in [-0.25, -0.2) is 0 Å². The van der Waals surface area contributed by atoms with Gasteiger partial charge < -0.3 is 0 Å². The molecule has 74 valence electrons. The summed E-state index contributed by atoms with van der Waals surface area (Å²) >= 11 is 3.47. The van der Waals surface area contributed by atoms with Gasteiger partial charge in [0.15, 0.2) is 0 Å². The van der Waals surface area contributed by atoms with Crippen molar-refractivity contribution < 1.29 is 0 Å². The number of hydrogen-bond donors (Lipinski definition) is 0. The van der Waals surface area contributed by atoms with E-state index < -0.39 is 0 Å². The fourth-order valence-corrected chi connectivity index (χ4v) is 1.97. The van der Waals surface area contributed by atoms with E-state index in [1.54, 1.807) is 0 Å². The molecule has 0 radical (unpaired) electrons. The van der Waals surface area contributed by atoms with E-state index in [-0.39, 0.29) is 0 Å². The van der Waals surface area contributed by atoms with Gasteiger partial charge in [-0.3, -0.25) is 0 Å². The zero-order valence-corrected chi connectivity index (χ0v) is 10.2. The van der Waals surface area contributed by atoms with Crippen LogP contribution >= 0.6 is 15.9 Å². The zero-order valence-electron chi connectivity index (χ0n) is 8.61. The smallest absolute Gasteiger partial charge is 0.00313 e. The van der Waals surface area contributed by atoms with Gasteiger partial charge in [-0.15, -0.1) is 0 Å². The molecule has 0 aliphatic rings. The highest BCUT2D eigenvalue weighted by atomic mass is 79.9. The maximum atomic E-state index is 3.47. The molecule has 1 atom stereocenters. The number of hydrogen-bond acceptors (Lipinski definition) is 0. The summed E-state index contributed by atoms with van der Waals surface area (Å²) in [5, 5.41) is 1.18. The third-order valence-corrected chi connectivity index (χ3v) is 3.10. The van der Waals surface area contributed by atoms with Crippen LogP contribution < -0.4 is 0 Å². The van der Waals surface area contributed by atoms with E-state index in [0.29, 0.717) is 0 Å². The molecule has 0 heterocycles. The minimum absolute atomic E-state index is 1.00. The average Bonchev–Trinajstić information content (AvgIpc) is 2.11. The van der Waals surface area contributed by atoms with Gasteiger partial charge in [0.05, 0.1) is 0 Å². The molecular formula is C11H23Br. The molecule has 12 heavy (non-hydrogen) atoms. The Bertz CT molecular complexity index is 81.1. The number of rotatable bonds is 8. The highest BCUT2D eigenvalue weighted by Crippen LogP contribution is 2.19. The minimum atomic E-state index is 1.00. The Hall–Kier alpha value is 0.480. The third kappa shape index (κ3) is 7.15. The van der Waals surface area contributed by atoms with Gasteiger partial charge in [0.2, 0.25) is 0 Å². The molecular weight excluding hydrogens is 212 g/mol. The van der Waals surface area contributed by atoms with Crippen molar-refractivity contribution in [2.24, 2.45) is 5.92 Å². The average molecular weight is 235 g/mol. The Morgan fingerprint density at radius 2 is 1.67 bits per heavy atom. The first-order valence-electron chi connectivity index (χ1n) is 5.41. The van der Waals surface area contributed by atoms with Gasteiger partial charge >= 0.3 is 0 Å². The fraction of sp³-hybridized carbons (Fsp3) is 1.00. The standard InChI is InChI=1S/C11H23Br/c1-3-5-8-11(4-2)9-6-7-10-12/h11H,3-10H2,1-2H3. The summed E-state index contributed by atoms with van der Waals surface area (Å²) in [6.45, 7) is 4.61. The molecule has 1 heteroatoms. The second-order valence-electron chi connectivity index (χ2n) is 3.60. The van der Waals surface area contributed by atoms with Crippen LogP contribution in [-0.4, -0.2) is 5.33 Å². The van der Waals surface area contributed by atoms with Gasteiger partial charge in [0.25, 0.3) is 0 Å². The van der Waals surface area contributed by atoms with Crippen LogP contribution in [-0.2, 0) is 0 Å². The predicted octanol–water partition coefficient (Wildman–Crippen LogP) is 4.77. The first-order chi connectivity index (χ1) is 5.85. The van der Waals surface area contributed by atoms with Crippen LogP contribution in [0.15, 0.2) is 0 Å². The van der Waals surface area contributed by atoms with Gasteiger partial charge in [0, 0.05) is 5.33 Å². The first kappa shape index (κ1) is 12.5. The topological polar surface area (TPSA) is 0 Å². The summed E-state index contributed by atoms with van der Waals surface area (Å²) in [4.78, 5) is 0.